The summed E-state index contributed by atoms with van der Waals surface area (Å²) in [5.74, 6) is -0.284. The molecule has 0 radical (unpaired) electrons. The molecule has 6 nitrogen and oxygen atoms in total. The summed E-state index contributed by atoms with van der Waals surface area (Å²) in [5, 5.41) is 8.19. The maximum atomic E-state index is 12.3. The molecular formula is C18H12ClN5OS. The van der Waals surface area contributed by atoms with Crippen molar-refractivity contribution in [2.24, 2.45) is 0 Å². The van der Waals surface area contributed by atoms with E-state index < -0.39 is 0 Å². The largest absolute Gasteiger partial charge is 0.321 e. The maximum absolute atomic E-state index is 12.3. The Morgan fingerprint density at radius 2 is 2.12 bits per heavy atom. The minimum absolute atomic E-state index is 0.284. The molecule has 128 valence electrons. The molecule has 1 amide bonds. The smallest absolute Gasteiger partial charge is 0.248 e. The van der Waals surface area contributed by atoms with E-state index in [1.807, 2.05) is 24.3 Å². The lowest BCUT2D eigenvalue weighted by molar-refractivity contribution is -0.111. The molecule has 0 spiro atoms. The van der Waals surface area contributed by atoms with E-state index in [9.17, 15) is 4.79 Å². The van der Waals surface area contributed by atoms with Crippen LogP contribution in [-0.2, 0) is 4.79 Å². The minimum Gasteiger partial charge on any atom is -0.321 e. The number of benzene rings is 2. The molecule has 4 aromatic rings. The first kappa shape index (κ1) is 16.4. The molecule has 8 heteroatoms. The first-order valence-corrected chi connectivity index (χ1v) is 8.88. The van der Waals surface area contributed by atoms with Gasteiger partial charge < -0.3 is 5.32 Å². The Hall–Kier alpha value is -3.03. The number of rotatable bonds is 4. The van der Waals surface area contributed by atoms with Gasteiger partial charge in [0.1, 0.15) is 17.7 Å². The van der Waals surface area contributed by atoms with Gasteiger partial charge in [0, 0.05) is 11.1 Å². The fourth-order valence-electron chi connectivity index (χ4n) is 2.42. The molecule has 0 bridgehead atoms. The Bertz CT molecular complexity index is 1070. The number of anilines is 1. The predicted octanol–water partition coefficient (Wildman–Crippen LogP) is 4.18. The molecule has 0 aliphatic carbocycles. The molecule has 4 rings (SSSR count). The van der Waals surface area contributed by atoms with Gasteiger partial charge in [-0.3, -0.25) is 4.79 Å². The summed E-state index contributed by atoms with van der Waals surface area (Å²) >= 11 is 7.58. The number of para-hydroxylation sites is 1. The van der Waals surface area contributed by atoms with Crippen LogP contribution in [0.4, 0.5) is 5.69 Å². The maximum Gasteiger partial charge on any atom is 0.248 e. The molecule has 2 aromatic heterocycles. The number of amides is 1. The van der Waals surface area contributed by atoms with Crippen LogP contribution in [0.15, 0.2) is 61.2 Å². The van der Waals surface area contributed by atoms with E-state index in [2.05, 4.69) is 20.4 Å². The highest BCUT2D eigenvalue weighted by atomic mass is 35.5. The lowest BCUT2D eigenvalue weighted by Crippen LogP contribution is -2.11. The van der Waals surface area contributed by atoms with Crippen LogP contribution in [-0.4, -0.2) is 25.7 Å². The van der Waals surface area contributed by atoms with Crippen molar-refractivity contribution in [1.29, 1.82) is 0 Å². The van der Waals surface area contributed by atoms with Crippen LogP contribution >= 0.6 is 22.9 Å². The van der Waals surface area contributed by atoms with Crippen LogP contribution < -0.4 is 5.32 Å². The van der Waals surface area contributed by atoms with Crippen LogP contribution in [0.2, 0.25) is 5.02 Å². The van der Waals surface area contributed by atoms with Crippen LogP contribution in [0.3, 0.4) is 0 Å². The van der Waals surface area contributed by atoms with Gasteiger partial charge in [0.15, 0.2) is 0 Å². The Kier molecular flexibility index (Phi) is 4.47. The number of thiazole rings is 1. The average molecular weight is 382 g/mol. The highest BCUT2D eigenvalue weighted by Gasteiger charge is 2.09. The standard InChI is InChI=1S/C18H12ClN5OS/c19-12-5-6-15(24-11-20-10-21-24)14(9-12)22-17(25)7-8-18-23-13-3-1-2-4-16(13)26-18/h1-11H,(H,22,25). The zero-order chi connectivity index (χ0) is 17.9. The monoisotopic (exact) mass is 381 g/mol. The van der Waals surface area contributed by atoms with Crippen molar-refractivity contribution in [2.75, 3.05) is 5.32 Å². The highest BCUT2D eigenvalue weighted by Crippen LogP contribution is 2.25. The number of carbonyl (C=O) groups excluding carboxylic acids is 1. The number of halogens is 1. The summed E-state index contributed by atoms with van der Waals surface area (Å²) in [6, 6.07) is 13.0. The van der Waals surface area contributed by atoms with E-state index in [1.165, 1.54) is 23.7 Å². The summed E-state index contributed by atoms with van der Waals surface area (Å²) in [6.45, 7) is 0. The molecule has 26 heavy (non-hydrogen) atoms. The molecule has 2 heterocycles. The van der Waals surface area contributed by atoms with E-state index in [4.69, 9.17) is 11.6 Å². The van der Waals surface area contributed by atoms with E-state index >= 15 is 0 Å². The van der Waals surface area contributed by atoms with Gasteiger partial charge >= 0.3 is 0 Å². The van der Waals surface area contributed by atoms with Crippen LogP contribution in [0.1, 0.15) is 5.01 Å². The zero-order valence-electron chi connectivity index (χ0n) is 13.3. The summed E-state index contributed by atoms with van der Waals surface area (Å²) in [7, 11) is 0. The molecular weight excluding hydrogens is 370 g/mol. The topological polar surface area (TPSA) is 72.7 Å². The first-order valence-electron chi connectivity index (χ1n) is 7.68. The summed E-state index contributed by atoms with van der Waals surface area (Å²) in [5.41, 5.74) is 2.14. The molecule has 0 saturated carbocycles. The summed E-state index contributed by atoms with van der Waals surface area (Å²) < 4.78 is 2.64. The van der Waals surface area contributed by atoms with Gasteiger partial charge in [0.2, 0.25) is 5.91 Å². The van der Waals surface area contributed by atoms with Crippen molar-refractivity contribution >= 4 is 50.8 Å². The normalized spacial score (nSPS) is 11.3. The third-order valence-corrected chi connectivity index (χ3v) is 4.81. The number of fused-ring (bicyclic) bond motifs is 1. The highest BCUT2D eigenvalue weighted by molar-refractivity contribution is 7.19. The second kappa shape index (κ2) is 7.07. The van der Waals surface area contributed by atoms with E-state index in [-0.39, 0.29) is 5.91 Å². The zero-order valence-corrected chi connectivity index (χ0v) is 14.9. The van der Waals surface area contributed by atoms with Crippen molar-refractivity contribution in [3.8, 4) is 5.69 Å². The Labute approximate surface area is 157 Å². The number of nitrogens with zero attached hydrogens (tertiary/aromatic N) is 4. The second-order valence-electron chi connectivity index (χ2n) is 5.34. The summed E-state index contributed by atoms with van der Waals surface area (Å²) in [6.07, 6.45) is 6.12. The molecule has 0 atom stereocenters. The molecule has 0 fully saturated rings. The van der Waals surface area contributed by atoms with Gasteiger partial charge in [-0.05, 0) is 36.4 Å². The third-order valence-electron chi connectivity index (χ3n) is 3.57. The lowest BCUT2D eigenvalue weighted by atomic mass is 10.2. The number of carbonyl (C=O) groups is 1. The molecule has 2 aromatic carbocycles. The molecule has 0 unspecified atom stereocenters. The number of hydrogen-bond acceptors (Lipinski definition) is 5. The van der Waals surface area contributed by atoms with Gasteiger partial charge in [-0.15, -0.1) is 11.3 Å². The van der Waals surface area contributed by atoms with Crippen LogP contribution in [0, 0.1) is 0 Å². The molecule has 0 aliphatic rings. The number of nitrogens with one attached hydrogen (secondary N) is 1. The van der Waals surface area contributed by atoms with Crippen molar-refractivity contribution in [2.45, 2.75) is 0 Å². The van der Waals surface area contributed by atoms with E-state index in [0.717, 1.165) is 15.2 Å². The fourth-order valence-corrected chi connectivity index (χ4v) is 3.47. The lowest BCUT2D eigenvalue weighted by Gasteiger charge is -2.09. The van der Waals surface area contributed by atoms with Crippen molar-refractivity contribution in [3.63, 3.8) is 0 Å². The van der Waals surface area contributed by atoms with Gasteiger partial charge in [-0.1, -0.05) is 23.7 Å². The molecule has 0 aliphatic heterocycles. The van der Waals surface area contributed by atoms with Crippen molar-refractivity contribution < 1.29 is 4.79 Å². The number of hydrogen-bond donors (Lipinski definition) is 1. The van der Waals surface area contributed by atoms with Crippen molar-refractivity contribution in [1.82, 2.24) is 19.7 Å². The molecule has 0 saturated heterocycles. The average Bonchev–Trinajstić information content (AvgIpc) is 3.29. The fraction of sp³-hybridized carbons (Fsp3) is 0. The molecule has 1 N–H and O–H groups in total. The SMILES string of the molecule is O=C(C=Cc1nc2ccccc2s1)Nc1cc(Cl)ccc1-n1cncn1. The second-order valence-corrected chi connectivity index (χ2v) is 6.84. The first-order chi connectivity index (χ1) is 12.7. The Balaban J connectivity index is 1.55. The van der Waals surface area contributed by atoms with E-state index in [0.29, 0.717) is 16.4 Å². The Morgan fingerprint density at radius 1 is 1.23 bits per heavy atom. The summed E-state index contributed by atoms with van der Waals surface area (Å²) in [4.78, 5) is 20.7. The van der Waals surface area contributed by atoms with Gasteiger partial charge in [-0.2, -0.15) is 5.10 Å². The van der Waals surface area contributed by atoms with Crippen molar-refractivity contribution in [3.05, 3.63) is 71.2 Å². The van der Waals surface area contributed by atoms with Crippen LogP contribution in [0.5, 0.6) is 0 Å². The Morgan fingerprint density at radius 3 is 2.92 bits per heavy atom. The quantitative estimate of drug-likeness (QED) is 0.538. The van der Waals surface area contributed by atoms with Gasteiger partial charge in [0.25, 0.3) is 0 Å². The van der Waals surface area contributed by atoms with Gasteiger partial charge in [-0.25, -0.2) is 14.6 Å². The van der Waals surface area contributed by atoms with Gasteiger partial charge in [0.05, 0.1) is 21.6 Å². The third kappa shape index (κ3) is 3.49. The minimum atomic E-state index is -0.284. The predicted molar refractivity (Wildman–Crippen MR) is 104 cm³/mol. The van der Waals surface area contributed by atoms with Crippen LogP contribution in [0.25, 0.3) is 22.0 Å². The number of aromatic nitrogens is 4. The van der Waals surface area contributed by atoms with E-state index in [1.54, 1.807) is 35.3 Å².